The Morgan fingerprint density at radius 2 is 2.00 bits per heavy atom. The molecule has 0 aliphatic carbocycles. The van der Waals surface area contributed by atoms with Crippen LogP contribution < -0.4 is 15.4 Å². The van der Waals surface area contributed by atoms with Crippen LogP contribution in [-0.2, 0) is 0 Å². The minimum Gasteiger partial charge on any atom is -0.420 e. The number of hydrogen-bond acceptors (Lipinski definition) is 7. The maximum Gasteiger partial charge on any atom is 0.328 e. The van der Waals surface area contributed by atoms with E-state index in [-0.39, 0.29) is 12.1 Å². The molecule has 0 saturated heterocycles. The van der Waals surface area contributed by atoms with Crippen molar-refractivity contribution >= 4 is 29.7 Å². The molecule has 7 heteroatoms. The third-order valence-electron chi connectivity index (χ3n) is 1.52. The van der Waals surface area contributed by atoms with Crippen molar-refractivity contribution in [1.29, 1.82) is 0 Å². The van der Waals surface area contributed by atoms with Crippen molar-refractivity contribution in [3.05, 3.63) is 0 Å². The van der Waals surface area contributed by atoms with Crippen LogP contribution in [-0.4, -0.2) is 33.1 Å². The van der Waals surface area contributed by atoms with Crippen LogP contribution in [0.1, 0.15) is 20.8 Å². The Morgan fingerprint density at radius 3 is 2.56 bits per heavy atom. The summed E-state index contributed by atoms with van der Waals surface area (Å²) in [5, 5.41) is 6.06. The van der Waals surface area contributed by atoms with Crippen molar-refractivity contribution in [1.82, 2.24) is 15.0 Å². The molecule has 88 valence electrons. The normalized spacial score (nSPS) is 10.0. The van der Waals surface area contributed by atoms with E-state index >= 15 is 0 Å². The molecular formula is C9H15N5OS. The second-order valence-corrected chi connectivity index (χ2v) is 3.50. The molecule has 0 saturated carbocycles. The molecule has 0 unspecified atom stereocenters. The highest BCUT2D eigenvalue weighted by molar-refractivity contribution is 7.78. The molecule has 0 atom stereocenters. The highest BCUT2D eigenvalue weighted by Gasteiger charge is 2.07. The van der Waals surface area contributed by atoms with Gasteiger partial charge in [-0.05, 0) is 33.0 Å². The zero-order valence-electron chi connectivity index (χ0n) is 9.52. The first-order chi connectivity index (χ1) is 7.65. The SMILES string of the molecule is CCNc1nc(NC(C)C)nc(OC=S)n1. The highest BCUT2D eigenvalue weighted by Crippen LogP contribution is 2.11. The fourth-order valence-electron chi connectivity index (χ4n) is 1.01. The van der Waals surface area contributed by atoms with Crippen molar-refractivity contribution in [3.8, 4) is 6.01 Å². The van der Waals surface area contributed by atoms with Crippen LogP contribution in [0.2, 0.25) is 0 Å². The molecule has 0 fully saturated rings. The van der Waals surface area contributed by atoms with E-state index in [1.54, 1.807) is 0 Å². The van der Waals surface area contributed by atoms with Gasteiger partial charge < -0.3 is 15.4 Å². The van der Waals surface area contributed by atoms with Gasteiger partial charge in [-0.25, -0.2) is 0 Å². The summed E-state index contributed by atoms with van der Waals surface area (Å²) in [7, 11) is 0. The summed E-state index contributed by atoms with van der Waals surface area (Å²) >= 11 is 4.58. The van der Waals surface area contributed by atoms with E-state index in [0.717, 1.165) is 12.1 Å². The smallest absolute Gasteiger partial charge is 0.328 e. The van der Waals surface area contributed by atoms with Crippen molar-refractivity contribution in [2.24, 2.45) is 0 Å². The van der Waals surface area contributed by atoms with Crippen LogP contribution in [0.5, 0.6) is 6.01 Å². The lowest BCUT2D eigenvalue weighted by Gasteiger charge is -2.10. The molecule has 0 aliphatic rings. The number of nitrogens with zero attached hydrogens (tertiary/aromatic N) is 3. The second kappa shape index (κ2) is 6.16. The minimum absolute atomic E-state index is 0.184. The second-order valence-electron chi connectivity index (χ2n) is 3.31. The molecule has 0 aliphatic heterocycles. The molecule has 1 heterocycles. The number of ether oxygens (including phenoxy) is 1. The number of anilines is 2. The van der Waals surface area contributed by atoms with E-state index in [4.69, 9.17) is 4.74 Å². The first kappa shape index (κ1) is 12.6. The number of rotatable bonds is 6. The summed E-state index contributed by atoms with van der Waals surface area (Å²) in [6.07, 6.45) is 0. The highest BCUT2D eigenvalue weighted by atomic mass is 32.1. The molecule has 2 N–H and O–H groups in total. The Hall–Kier alpha value is -1.50. The summed E-state index contributed by atoms with van der Waals surface area (Å²) < 4.78 is 4.96. The van der Waals surface area contributed by atoms with Crippen molar-refractivity contribution in [2.75, 3.05) is 17.2 Å². The molecular weight excluding hydrogens is 226 g/mol. The standard InChI is InChI=1S/C9H15N5OS/c1-4-10-7-12-8(11-6(2)3)14-9(13-7)15-5-16/h5-6H,4H2,1-3H3,(H2,10,11,12,13,14). The summed E-state index contributed by atoms with van der Waals surface area (Å²) in [6, 6.07) is 0.418. The fourth-order valence-corrected chi connectivity index (χ4v) is 1.10. The van der Waals surface area contributed by atoms with E-state index in [9.17, 15) is 0 Å². The minimum atomic E-state index is 0.184. The number of hydrogen-bond donors (Lipinski definition) is 2. The zero-order chi connectivity index (χ0) is 12.0. The van der Waals surface area contributed by atoms with Gasteiger partial charge in [0, 0.05) is 12.6 Å². The van der Waals surface area contributed by atoms with Gasteiger partial charge in [0.25, 0.3) is 0 Å². The van der Waals surface area contributed by atoms with E-state index in [0.29, 0.717) is 11.9 Å². The van der Waals surface area contributed by atoms with E-state index in [1.165, 1.54) is 0 Å². The van der Waals surface area contributed by atoms with Crippen LogP contribution in [0.4, 0.5) is 11.9 Å². The molecule has 6 nitrogen and oxygen atoms in total. The maximum atomic E-state index is 4.96. The van der Waals surface area contributed by atoms with E-state index < -0.39 is 0 Å². The van der Waals surface area contributed by atoms with Gasteiger partial charge in [-0.15, -0.1) is 0 Å². The quantitative estimate of drug-likeness (QED) is 0.730. The van der Waals surface area contributed by atoms with E-state index in [2.05, 4.69) is 37.8 Å². The largest absolute Gasteiger partial charge is 0.420 e. The molecule has 16 heavy (non-hydrogen) atoms. The molecule has 0 radical (unpaired) electrons. The first-order valence-electron chi connectivity index (χ1n) is 5.02. The van der Waals surface area contributed by atoms with Crippen LogP contribution in [0.25, 0.3) is 0 Å². The summed E-state index contributed by atoms with van der Waals surface area (Å²) in [4.78, 5) is 12.3. The summed E-state index contributed by atoms with van der Waals surface area (Å²) in [6.45, 7) is 6.67. The average molecular weight is 241 g/mol. The number of aromatic nitrogens is 3. The predicted octanol–water partition coefficient (Wildman–Crippen LogP) is 1.46. The lowest BCUT2D eigenvalue weighted by Crippen LogP contribution is -2.15. The molecule has 1 aromatic heterocycles. The van der Waals surface area contributed by atoms with Gasteiger partial charge in [0.2, 0.25) is 11.9 Å². The van der Waals surface area contributed by atoms with Crippen LogP contribution >= 0.6 is 12.2 Å². The van der Waals surface area contributed by atoms with Crippen LogP contribution in [0, 0.1) is 0 Å². The topological polar surface area (TPSA) is 72.0 Å². The fraction of sp³-hybridized carbons (Fsp3) is 0.556. The molecule has 1 aromatic rings. The monoisotopic (exact) mass is 241 g/mol. The van der Waals surface area contributed by atoms with Gasteiger partial charge in [-0.3, -0.25) is 0 Å². The molecule has 0 aromatic carbocycles. The van der Waals surface area contributed by atoms with E-state index in [1.807, 2.05) is 20.8 Å². The molecule has 0 amide bonds. The lowest BCUT2D eigenvalue weighted by molar-refractivity contribution is 0.530. The third-order valence-corrected chi connectivity index (χ3v) is 1.62. The maximum absolute atomic E-state index is 4.96. The van der Waals surface area contributed by atoms with Crippen LogP contribution in [0.3, 0.4) is 0 Å². The number of thiocarbonyl (C=S) groups is 1. The Morgan fingerprint density at radius 1 is 1.31 bits per heavy atom. The number of nitrogens with one attached hydrogen (secondary N) is 2. The Balaban J connectivity index is 2.93. The van der Waals surface area contributed by atoms with Gasteiger partial charge in [0.15, 0.2) is 5.55 Å². The third kappa shape index (κ3) is 3.93. The Bertz CT molecular complexity index is 358. The summed E-state index contributed by atoms with van der Waals surface area (Å²) in [5.74, 6) is 0.931. The van der Waals surface area contributed by atoms with Gasteiger partial charge >= 0.3 is 6.01 Å². The Labute approximate surface area is 99.9 Å². The zero-order valence-corrected chi connectivity index (χ0v) is 10.3. The van der Waals surface area contributed by atoms with Crippen molar-refractivity contribution in [2.45, 2.75) is 26.8 Å². The summed E-state index contributed by atoms with van der Waals surface area (Å²) in [5.41, 5.74) is 1.12. The lowest BCUT2D eigenvalue weighted by atomic mass is 10.4. The Kier molecular flexibility index (Phi) is 4.84. The molecule has 0 spiro atoms. The van der Waals surface area contributed by atoms with Gasteiger partial charge in [0.05, 0.1) is 0 Å². The van der Waals surface area contributed by atoms with Gasteiger partial charge in [-0.2, -0.15) is 15.0 Å². The molecule has 0 bridgehead atoms. The first-order valence-corrected chi connectivity index (χ1v) is 5.49. The van der Waals surface area contributed by atoms with Gasteiger partial charge in [0.1, 0.15) is 0 Å². The molecule has 1 rings (SSSR count). The van der Waals surface area contributed by atoms with Gasteiger partial charge in [-0.1, -0.05) is 0 Å². The predicted molar refractivity (Wildman–Crippen MR) is 67.0 cm³/mol. The van der Waals surface area contributed by atoms with Crippen molar-refractivity contribution < 1.29 is 4.74 Å². The van der Waals surface area contributed by atoms with Crippen molar-refractivity contribution in [3.63, 3.8) is 0 Å². The van der Waals surface area contributed by atoms with Crippen LogP contribution in [0.15, 0.2) is 0 Å². The average Bonchev–Trinajstić information content (AvgIpc) is 2.17.